The Hall–Kier alpha value is -5.39. The maximum absolute atomic E-state index is 13.6. The lowest BCUT2D eigenvalue weighted by Gasteiger charge is -2.70. The summed E-state index contributed by atoms with van der Waals surface area (Å²) in [7, 11) is 0. The monoisotopic (exact) mass is 1320 g/mol. The Bertz CT molecular complexity index is 2890. The summed E-state index contributed by atoms with van der Waals surface area (Å²) in [6.07, 6.45) is -18.6. The topological polar surface area (TPSA) is 331 Å². The third-order valence-electron chi connectivity index (χ3n) is 21.6. The Labute approximate surface area is 542 Å². The molecule has 26 atom stereocenters. The van der Waals surface area contributed by atoms with Gasteiger partial charge in [-0.15, -0.1) is 0 Å². The summed E-state index contributed by atoms with van der Waals surface area (Å²) in [6.45, 7) is 25.6. The molecule has 0 aromatic heterocycles. The Morgan fingerprint density at radius 3 is 1.47 bits per heavy atom. The van der Waals surface area contributed by atoms with E-state index in [1.54, 1.807) is 0 Å². The van der Waals surface area contributed by atoms with Gasteiger partial charge in [-0.1, -0.05) is 39.3 Å². The Morgan fingerprint density at radius 1 is 0.495 bits per heavy atom. The maximum atomic E-state index is 13.6. The van der Waals surface area contributed by atoms with Crippen LogP contribution in [0.25, 0.3) is 0 Å². The average molecular weight is 1320 g/mol. The standard InChI is InChI=1S/C66H96O27/c1-30(2)24-41-25-64(17,76)57-42-18-19-46-62(15)22-21-47(61(13,14)45(62)20-23-63(46,16)65(42)28-66(57,93-41)79-29-65)90-59-56(92-58-54(86-39(11)74)51(84-37(9)72)48(31(3)80-58)81-34(6)69)53(50(83-36(8)71)44(88-59)27-78-33(5)68)91-60-55(87-40(12)75)52(85-38(10)73)49(82-35(7)70)43(89-60)26-77-32(4)67/h24,31,41-60,76H,18-23,25-29H2,1-17H3/t31-,41-,42?,43+,44+,45?,46+,47-,48-,49+,50+,51+,52-,53-,54+,55+,56+,57?,58-,59-,60-,62-,63+,64-,65-,66-/m0/s1. The van der Waals surface area contributed by atoms with Gasteiger partial charge in [0.1, 0.15) is 37.6 Å². The molecule has 5 saturated heterocycles. The molecular formula is C66H96O27. The summed E-state index contributed by atoms with van der Waals surface area (Å²) >= 11 is 0. The van der Waals surface area contributed by atoms with Crippen molar-refractivity contribution < 1.29 is 129 Å². The van der Waals surface area contributed by atoms with Gasteiger partial charge >= 0.3 is 53.7 Å². The molecule has 9 rings (SSSR count). The van der Waals surface area contributed by atoms with Crippen molar-refractivity contribution in [1.82, 2.24) is 0 Å². The molecule has 2 spiro atoms. The van der Waals surface area contributed by atoms with Crippen LogP contribution in [0.2, 0.25) is 0 Å². The number of carbonyl (C=O) groups excluding carboxylic acids is 9. The number of fused-ring (bicyclic) bond motifs is 4. The number of carbonyl (C=O) groups is 9. The second-order valence-corrected chi connectivity index (χ2v) is 28.7. The van der Waals surface area contributed by atoms with Crippen LogP contribution in [0.3, 0.4) is 0 Å². The number of ether oxygens (including phenoxy) is 17. The van der Waals surface area contributed by atoms with Crippen LogP contribution in [-0.4, -0.2) is 194 Å². The zero-order chi connectivity index (χ0) is 68.4. The van der Waals surface area contributed by atoms with Crippen LogP contribution in [0.4, 0.5) is 0 Å². The molecule has 27 heteroatoms. The van der Waals surface area contributed by atoms with Crippen LogP contribution >= 0.6 is 0 Å². The van der Waals surface area contributed by atoms with Crippen molar-refractivity contribution in [2.45, 2.75) is 285 Å². The number of hydrogen-bond donors (Lipinski definition) is 1. The molecule has 3 unspecified atom stereocenters. The molecule has 9 fully saturated rings. The van der Waals surface area contributed by atoms with E-state index in [1.165, 1.54) is 6.92 Å². The minimum Gasteiger partial charge on any atom is -0.463 e. The van der Waals surface area contributed by atoms with E-state index in [2.05, 4.69) is 33.8 Å². The predicted octanol–water partition coefficient (Wildman–Crippen LogP) is 5.49. The zero-order valence-corrected chi connectivity index (χ0v) is 56.5. The molecule has 1 N–H and O–H groups in total. The normalized spacial score (nSPS) is 43.6. The van der Waals surface area contributed by atoms with Gasteiger partial charge in [0.05, 0.1) is 30.5 Å². The molecule has 0 amide bonds. The molecule has 93 heavy (non-hydrogen) atoms. The van der Waals surface area contributed by atoms with Crippen molar-refractivity contribution in [3.8, 4) is 0 Å². The summed E-state index contributed by atoms with van der Waals surface area (Å²) in [6, 6.07) is 0. The van der Waals surface area contributed by atoms with Gasteiger partial charge in [-0.3, -0.25) is 43.2 Å². The molecule has 0 aromatic rings. The first-order valence-corrected chi connectivity index (χ1v) is 32.5. The minimum absolute atomic E-state index is 0.00647. The lowest BCUT2D eigenvalue weighted by molar-refractivity contribution is -0.398. The number of rotatable bonds is 18. The molecule has 5 heterocycles. The average Bonchev–Trinajstić information content (AvgIpc) is 1.51. The van der Waals surface area contributed by atoms with E-state index >= 15 is 0 Å². The first-order valence-electron chi connectivity index (χ1n) is 32.5. The molecule has 27 nitrogen and oxygen atoms in total. The maximum Gasteiger partial charge on any atom is 0.303 e. The van der Waals surface area contributed by atoms with Crippen molar-refractivity contribution >= 4 is 53.7 Å². The van der Waals surface area contributed by atoms with E-state index in [0.717, 1.165) is 93.6 Å². The molecule has 2 bridgehead atoms. The second-order valence-electron chi connectivity index (χ2n) is 28.7. The SMILES string of the molecule is CC(=O)OC[C@H]1O[C@@H](O[C@@H]2[C@@H](O[C@@H]3O[C@@H](C)[C@H](OC(C)=O)[C@@H](OC(C)=O)[C@H]3OC(C)=O)[C@H](O[C@H]3CC[C@@]4(C)C(CC[C@]5(C)[C@@H]4CCC4C6[C@]7(C[C@]45CO7)O[C@@H](C=C(C)C)C[C@]6(C)O)C3(C)C)O[C@H](COC(C)=O)[C@H]2OC(C)=O)[C@H](OC(C)=O)[C@@H](OC(C)=O)[C@@H]1OC(C)=O. The molecule has 9 aliphatic rings. The quantitative estimate of drug-likeness (QED) is 0.0767. The highest BCUT2D eigenvalue weighted by molar-refractivity contribution is 5.70. The van der Waals surface area contributed by atoms with E-state index in [9.17, 15) is 48.3 Å². The smallest absolute Gasteiger partial charge is 0.303 e. The number of esters is 9. The van der Waals surface area contributed by atoms with Crippen molar-refractivity contribution in [2.24, 2.45) is 45.3 Å². The second kappa shape index (κ2) is 27.3. The molecule has 5 aliphatic heterocycles. The number of aliphatic hydroxyl groups is 1. The van der Waals surface area contributed by atoms with Gasteiger partial charge in [0.2, 0.25) is 0 Å². The lowest BCUT2D eigenvalue weighted by atomic mass is 9.35. The van der Waals surface area contributed by atoms with Crippen molar-refractivity contribution in [3.63, 3.8) is 0 Å². The minimum atomic E-state index is -2.00. The van der Waals surface area contributed by atoms with E-state index in [1.807, 2.05) is 20.8 Å². The zero-order valence-electron chi connectivity index (χ0n) is 56.5. The van der Waals surface area contributed by atoms with Gasteiger partial charge in [0.15, 0.2) is 67.4 Å². The Morgan fingerprint density at radius 2 is 0.957 bits per heavy atom. The van der Waals surface area contributed by atoms with E-state index in [-0.39, 0.29) is 46.0 Å². The summed E-state index contributed by atoms with van der Waals surface area (Å²) < 4.78 is 107. The van der Waals surface area contributed by atoms with Gasteiger partial charge in [-0.2, -0.15) is 0 Å². The third-order valence-corrected chi connectivity index (χ3v) is 21.6. The van der Waals surface area contributed by atoms with Gasteiger partial charge in [0.25, 0.3) is 0 Å². The van der Waals surface area contributed by atoms with Gasteiger partial charge in [-0.05, 0) is 100 Å². The van der Waals surface area contributed by atoms with Gasteiger partial charge < -0.3 is 85.6 Å². The predicted molar refractivity (Wildman–Crippen MR) is 315 cm³/mol. The number of allylic oxidation sites excluding steroid dienone is 1. The molecule has 0 aromatic carbocycles. The molecule has 4 aliphatic carbocycles. The fourth-order valence-corrected chi connectivity index (χ4v) is 18.6. The summed E-state index contributed by atoms with van der Waals surface area (Å²) in [5.41, 5.74) is -1.45. The number of hydrogen-bond acceptors (Lipinski definition) is 27. The van der Waals surface area contributed by atoms with Crippen molar-refractivity contribution in [1.29, 1.82) is 0 Å². The van der Waals surface area contributed by atoms with Gasteiger partial charge in [0, 0.05) is 86.5 Å². The van der Waals surface area contributed by atoms with Crippen LogP contribution in [0.15, 0.2) is 11.6 Å². The van der Waals surface area contributed by atoms with Crippen LogP contribution in [-0.2, 0) is 124 Å². The largest absolute Gasteiger partial charge is 0.463 e. The molecule has 0 radical (unpaired) electrons. The fraction of sp³-hybridized carbons (Fsp3) is 0.833. The lowest BCUT2D eigenvalue weighted by Crippen LogP contribution is -2.69. The highest BCUT2D eigenvalue weighted by Gasteiger charge is 2.81. The summed E-state index contributed by atoms with van der Waals surface area (Å²) in [4.78, 5) is 117. The van der Waals surface area contributed by atoms with Crippen molar-refractivity contribution in [2.75, 3.05) is 19.8 Å². The van der Waals surface area contributed by atoms with E-state index in [0.29, 0.717) is 32.3 Å². The highest BCUT2D eigenvalue weighted by atomic mass is 16.8. The highest BCUT2D eigenvalue weighted by Crippen LogP contribution is 2.80. The Kier molecular flexibility index (Phi) is 21.1. The molecule has 522 valence electrons. The fourth-order valence-electron chi connectivity index (χ4n) is 18.6. The molecule has 4 saturated carbocycles. The first-order chi connectivity index (χ1) is 43.4. The summed E-state index contributed by atoms with van der Waals surface area (Å²) in [5.74, 6) is -8.75. The first kappa shape index (κ1) is 71.9. The molecular weight excluding hydrogens is 1220 g/mol. The van der Waals surface area contributed by atoms with Crippen LogP contribution in [0.5, 0.6) is 0 Å². The van der Waals surface area contributed by atoms with E-state index in [4.69, 9.17) is 80.5 Å². The van der Waals surface area contributed by atoms with Crippen molar-refractivity contribution in [3.05, 3.63) is 11.6 Å². The van der Waals surface area contributed by atoms with E-state index < -0.39 is 182 Å². The van der Waals surface area contributed by atoms with Crippen LogP contribution < -0.4 is 0 Å². The van der Waals surface area contributed by atoms with Crippen LogP contribution in [0, 0.1) is 45.3 Å². The van der Waals surface area contributed by atoms with Gasteiger partial charge in [-0.25, -0.2) is 0 Å². The summed E-state index contributed by atoms with van der Waals surface area (Å²) in [5, 5.41) is 12.5. The third kappa shape index (κ3) is 14.1. The van der Waals surface area contributed by atoms with Crippen LogP contribution in [0.1, 0.15) is 169 Å². The Balaban J connectivity index is 1.14.